The summed E-state index contributed by atoms with van der Waals surface area (Å²) in [4.78, 5) is 20.2. The number of aliphatic carboxylic acids is 1. The molecule has 0 saturated heterocycles. The number of hydrogen-bond acceptors (Lipinski definition) is 5. The van der Waals surface area contributed by atoms with E-state index in [-0.39, 0.29) is 6.42 Å². The van der Waals surface area contributed by atoms with Crippen molar-refractivity contribution in [3.8, 4) is 0 Å². The summed E-state index contributed by atoms with van der Waals surface area (Å²) < 4.78 is 0. The predicted molar refractivity (Wildman–Crippen MR) is 44.6 cm³/mol. The van der Waals surface area contributed by atoms with Crippen LogP contribution in [0.1, 0.15) is 19.8 Å². The second-order valence-electron chi connectivity index (χ2n) is 2.66. The maximum Gasteiger partial charge on any atom is 0.112 e. The first kappa shape index (κ1) is 11.8. The Labute approximate surface area is 76.0 Å². The van der Waals surface area contributed by atoms with Crippen LogP contribution in [0.4, 0.5) is 0 Å². The molecule has 1 N–H and O–H groups in total. The molecule has 0 rings (SSSR count). The van der Waals surface area contributed by atoms with E-state index < -0.39 is 24.5 Å². The Morgan fingerprint density at radius 2 is 2.31 bits per heavy atom. The molecule has 0 unspecified atom stereocenters. The van der Waals surface area contributed by atoms with Gasteiger partial charge < -0.3 is 15.0 Å². The molecular weight excluding hydrogens is 174 g/mol. The number of carbonyl (C=O) groups is 1. The highest BCUT2D eigenvalue weighted by atomic mass is 16.4. The number of rotatable bonds is 6. The third-order valence-corrected chi connectivity index (χ3v) is 1.47. The number of carboxylic acid groups (broad SMARTS) is 1. The predicted octanol–water partition coefficient (Wildman–Crippen LogP) is -0.411. The van der Waals surface area contributed by atoms with Crippen LogP contribution >= 0.6 is 0 Å². The van der Waals surface area contributed by atoms with Gasteiger partial charge >= 0.3 is 0 Å². The van der Waals surface area contributed by atoms with Gasteiger partial charge in [0, 0.05) is 18.8 Å². The van der Waals surface area contributed by atoms with E-state index in [1.807, 2.05) is 0 Å². The molecule has 0 bridgehead atoms. The summed E-state index contributed by atoms with van der Waals surface area (Å²) in [7, 11) is 0. The summed E-state index contributed by atoms with van der Waals surface area (Å²) in [5.74, 6) is -1.34. The lowest BCUT2D eigenvalue weighted by molar-refractivity contribution is -0.307. The second-order valence-corrected chi connectivity index (χ2v) is 2.66. The fraction of sp³-hybridized carbons (Fsp3) is 0.625. The van der Waals surface area contributed by atoms with Gasteiger partial charge in [-0.1, -0.05) is 17.3 Å². The number of carboxylic acids is 1. The van der Waals surface area contributed by atoms with E-state index >= 15 is 0 Å². The largest absolute Gasteiger partial charge is 0.550 e. The average molecular weight is 186 g/mol. The molecule has 0 radical (unpaired) electrons. The SMILES string of the molecule is C/C=C/[C@H](C[C@@H](O)CC(=O)[O-])N=O. The Bertz CT molecular complexity index is 202. The number of hydrogen-bond donors (Lipinski definition) is 1. The number of aliphatic hydroxyl groups excluding tert-OH is 1. The molecule has 0 aromatic carbocycles. The molecule has 5 nitrogen and oxygen atoms in total. The number of aliphatic hydroxyl groups is 1. The highest BCUT2D eigenvalue weighted by molar-refractivity contribution is 5.64. The number of allylic oxidation sites excluding steroid dienone is 1. The molecule has 0 aliphatic rings. The minimum atomic E-state index is -1.34. The monoisotopic (exact) mass is 186 g/mol. The van der Waals surface area contributed by atoms with Crippen molar-refractivity contribution in [1.29, 1.82) is 0 Å². The molecule has 0 heterocycles. The third-order valence-electron chi connectivity index (χ3n) is 1.47. The second kappa shape index (κ2) is 6.30. The summed E-state index contributed by atoms with van der Waals surface area (Å²) in [5, 5.41) is 21.8. The van der Waals surface area contributed by atoms with E-state index in [2.05, 4.69) is 5.18 Å². The van der Waals surface area contributed by atoms with Crippen LogP contribution in [-0.2, 0) is 4.79 Å². The van der Waals surface area contributed by atoms with Gasteiger partial charge in [-0.3, -0.25) is 0 Å². The van der Waals surface area contributed by atoms with Gasteiger partial charge in [0.05, 0.1) is 6.10 Å². The van der Waals surface area contributed by atoms with Crippen LogP contribution in [0.5, 0.6) is 0 Å². The van der Waals surface area contributed by atoms with Gasteiger partial charge in [0.2, 0.25) is 0 Å². The topological polar surface area (TPSA) is 89.8 Å². The van der Waals surface area contributed by atoms with E-state index in [4.69, 9.17) is 5.11 Å². The lowest BCUT2D eigenvalue weighted by Gasteiger charge is -2.12. The van der Waals surface area contributed by atoms with Crippen LogP contribution in [0.3, 0.4) is 0 Å². The maximum absolute atomic E-state index is 10.1. The van der Waals surface area contributed by atoms with Crippen LogP contribution < -0.4 is 5.11 Å². The van der Waals surface area contributed by atoms with Gasteiger partial charge in [-0.2, -0.15) is 4.91 Å². The maximum atomic E-state index is 10.1. The molecule has 0 aromatic rings. The van der Waals surface area contributed by atoms with E-state index in [0.717, 1.165) is 0 Å². The Hall–Kier alpha value is -1.23. The molecule has 2 atom stereocenters. The Balaban J connectivity index is 3.92. The quantitative estimate of drug-likeness (QED) is 0.451. The van der Waals surface area contributed by atoms with Crippen molar-refractivity contribution in [2.24, 2.45) is 5.18 Å². The van der Waals surface area contributed by atoms with Gasteiger partial charge in [-0.25, -0.2) is 0 Å². The van der Waals surface area contributed by atoms with Crippen LogP contribution in [-0.4, -0.2) is 23.2 Å². The van der Waals surface area contributed by atoms with Crippen molar-refractivity contribution in [3.63, 3.8) is 0 Å². The zero-order chi connectivity index (χ0) is 10.3. The summed E-state index contributed by atoms with van der Waals surface area (Å²) in [6.45, 7) is 1.71. The normalized spacial score (nSPS) is 15.5. The summed E-state index contributed by atoms with van der Waals surface area (Å²) >= 11 is 0. The van der Waals surface area contributed by atoms with E-state index in [1.54, 1.807) is 13.0 Å². The fourth-order valence-electron chi connectivity index (χ4n) is 0.933. The molecule has 74 valence electrons. The van der Waals surface area contributed by atoms with Crippen LogP contribution in [0.25, 0.3) is 0 Å². The summed E-state index contributed by atoms with van der Waals surface area (Å²) in [5.41, 5.74) is 0. The van der Waals surface area contributed by atoms with Gasteiger partial charge in [-0.15, -0.1) is 0 Å². The minimum absolute atomic E-state index is 0.0157. The first-order valence-corrected chi connectivity index (χ1v) is 3.93. The first-order chi connectivity index (χ1) is 6.10. The molecule has 0 aromatic heterocycles. The van der Waals surface area contributed by atoms with Crippen LogP contribution in [0.2, 0.25) is 0 Å². The molecule has 5 heteroatoms. The van der Waals surface area contributed by atoms with E-state index in [1.165, 1.54) is 6.08 Å². The molecule has 0 aliphatic carbocycles. The van der Waals surface area contributed by atoms with Gasteiger partial charge in [0.25, 0.3) is 0 Å². The van der Waals surface area contributed by atoms with Crippen LogP contribution in [0, 0.1) is 4.91 Å². The van der Waals surface area contributed by atoms with Gasteiger partial charge in [0.1, 0.15) is 6.04 Å². The van der Waals surface area contributed by atoms with Crippen molar-refractivity contribution in [2.45, 2.75) is 31.9 Å². The van der Waals surface area contributed by atoms with Crippen molar-refractivity contribution >= 4 is 5.97 Å². The Morgan fingerprint density at radius 1 is 1.69 bits per heavy atom. The van der Waals surface area contributed by atoms with Crippen molar-refractivity contribution in [1.82, 2.24) is 0 Å². The Kier molecular flexibility index (Phi) is 5.71. The van der Waals surface area contributed by atoms with Crippen molar-refractivity contribution in [3.05, 3.63) is 17.1 Å². The molecule has 0 amide bonds. The van der Waals surface area contributed by atoms with Crippen molar-refractivity contribution < 1.29 is 15.0 Å². The average Bonchev–Trinajstić information content (AvgIpc) is 2.02. The molecular formula is C8H12NO4-. The molecule has 0 spiro atoms. The van der Waals surface area contributed by atoms with E-state index in [9.17, 15) is 14.8 Å². The first-order valence-electron chi connectivity index (χ1n) is 3.93. The smallest absolute Gasteiger partial charge is 0.112 e. The highest BCUT2D eigenvalue weighted by Crippen LogP contribution is 2.06. The standard InChI is InChI=1S/C8H13NO4/c1-2-3-6(9-13)4-7(10)5-8(11)12/h2-3,6-7,10H,4-5H2,1H3,(H,11,12)/p-1/b3-2+/t6-,7-/m1/s1. The van der Waals surface area contributed by atoms with E-state index in [0.29, 0.717) is 0 Å². The Morgan fingerprint density at radius 3 is 2.69 bits per heavy atom. The fourth-order valence-corrected chi connectivity index (χ4v) is 0.933. The zero-order valence-electron chi connectivity index (χ0n) is 7.34. The third kappa shape index (κ3) is 5.98. The highest BCUT2D eigenvalue weighted by Gasteiger charge is 2.11. The lowest BCUT2D eigenvalue weighted by atomic mass is 10.1. The van der Waals surface area contributed by atoms with Gasteiger partial charge in [0.15, 0.2) is 0 Å². The number of carbonyl (C=O) groups excluding carboxylic acids is 1. The molecule has 0 fully saturated rings. The summed E-state index contributed by atoms with van der Waals surface area (Å²) in [6.07, 6.45) is 1.60. The number of nitroso groups, excluding NO2 is 1. The summed E-state index contributed by atoms with van der Waals surface area (Å²) in [6, 6.07) is -0.667. The number of nitrogens with zero attached hydrogens (tertiary/aromatic N) is 1. The van der Waals surface area contributed by atoms with Crippen molar-refractivity contribution in [2.75, 3.05) is 0 Å². The zero-order valence-corrected chi connectivity index (χ0v) is 7.34. The molecule has 13 heavy (non-hydrogen) atoms. The molecule has 0 saturated carbocycles. The van der Waals surface area contributed by atoms with Crippen LogP contribution in [0.15, 0.2) is 17.3 Å². The van der Waals surface area contributed by atoms with Gasteiger partial charge in [-0.05, 0) is 6.92 Å². The lowest BCUT2D eigenvalue weighted by Crippen LogP contribution is -2.28. The molecule has 0 aliphatic heterocycles. The minimum Gasteiger partial charge on any atom is -0.550 e.